The van der Waals surface area contributed by atoms with Crippen LogP contribution in [0.5, 0.6) is 5.75 Å². The fourth-order valence-corrected chi connectivity index (χ4v) is 2.28. The summed E-state index contributed by atoms with van der Waals surface area (Å²) >= 11 is 1.61. The first-order chi connectivity index (χ1) is 9.65. The lowest BCUT2D eigenvalue weighted by molar-refractivity contribution is 0.00623. The molecule has 0 saturated carbocycles. The Labute approximate surface area is 121 Å². The van der Waals surface area contributed by atoms with Gasteiger partial charge >= 0.3 is 0 Å². The summed E-state index contributed by atoms with van der Waals surface area (Å²) in [5.74, 6) is 0.276. The van der Waals surface area contributed by atoms with E-state index in [1.54, 1.807) is 30.4 Å². The Balaban J connectivity index is 1.69. The molecule has 0 aliphatic rings. The fourth-order valence-electron chi connectivity index (χ4n) is 1.64. The molecule has 0 amide bonds. The summed E-state index contributed by atoms with van der Waals surface area (Å²) in [6.07, 6.45) is -0.708. The van der Waals surface area contributed by atoms with Crippen molar-refractivity contribution in [1.82, 2.24) is 0 Å². The molecule has 2 aromatic rings. The van der Waals surface area contributed by atoms with Crippen molar-refractivity contribution < 1.29 is 19.0 Å². The van der Waals surface area contributed by atoms with Crippen LogP contribution in [-0.4, -0.2) is 24.4 Å². The van der Waals surface area contributed by atoms with E-state index in [1.165, 1.54) is 6.07 Å². The Hall–Kier alpha value is -1.43. The molecule has 20 heavy (non-hydrogen) atoms. The van der Waals surface area contributed by atoms with E-state index in [1.807, 2.05) is 17.5 Å². The molecule has 0 saturated heterocycles. The van der Waals surface area contributed by atoms with Crippen LogP contribution in [0.1, 0.15) is 10.4 Å². The van der Waals surface area contributed by atoms with Crippen LogP contribution in [0.4, 0.5) is 4.39 Å². The van der Waals surface area contributed by atoms with Crippen molar-refractivity contribution in [3.63, 3.8) is 0 Å². The van der Waals surface area contributed by atoms with Crippen LogP contribution in [-0.2, 0) is 11.3 Å². The van der Waals surface area contributed by atoms with Crippen molar-refractivity contribution in [3.8, 4) is 5.75 Å². The molecule has 0 radical (unpaired) electrons. The summed E-state index contributed by atoms with van der Waals surface area (Å²) in [6, 6.07) is 8.44. The van der Waals surface area contributed by atoms with Crippen molar-refractivity contribution in [3.05, 3.63) is 52.0 Å². The van der Waals surface area contributed by atoms with Gasteiger partial charge in [-0.25, -0.2) is 4.39 Å². The van der Waals surface area contributed by atoms with Gasteiger partial charge in [0.2, 0.25) is 0 Å². The molecule has 0 aliphatic carbocycles. The Morgan fingerprint density at radius 1 is 1.30 bits per heavy atom. The lowest BCUT2D eigenvalue weighted by atomic mass is 10.2. The van der Waals surface area contributed by atoms with Crippen LogP contribution in [0.15, 0.2) is 35.7 Å². The predicted octanol–water partition coefficient (Wildman–Crippen LogP) is 3.15. The van der Waals surface area contributed by atoms with Crippen molar-refractivity contribution in [2.24, 2.45) is 0 Å². The highest BCUT2D eigenvalue weighted by molar-refractivity contribution is 7.09. The van der Waals surface area contributed by atoms with Crippen LogP contribution in [0.25, 0.3) is 0 Å². The minimum atomic E-state index is -0.708. The zero-order valence-corrected chi connectivity index (χ0v) is 12.0. The highest BCUT2D eigenvalue weighted by Crippen LogP contribution is 2.16. The smallest absolute Gasteiger partial charge is 0.126 e. The van der Waals surface area contributed by atoms with E-state index in [9.17, 15) is 9.50 Å². The van der Waals surface area contributed by atoms with Crippen molar-refractivity contribution >= 4 is 11.3 Å². The summed E-state index contributed by atoms with van der Waals surface area (Å²) in [6.45, 7) is 2.49. The molecule has 108 valence electrons. The van der Waals surface area contributed by atoms with Gasteiger partial charge in [-0.3, -0.25) is 0 Å². The molecular formula is C15H17FO3S. The van der Waals surface area contributed by atoms with Gasteiger partial charge in [0.05, 0.1) is 13.2 Å². The Bertz CT molecular complexity index is 528. The quantitative estimate of drug-likeness (QED) is 0.853. The second-order valence-electron chi connectivity index (χ2n) is 4.47. The molecule has 1 N–H and O–H groups in total. The highest BCUT2D eigenvalue weighted by Gasteiger charge is 2.07. The Kier molecular flexibility index (Phi) is 5.52. The normalized spacial score (nSPS) is 12.3. The van der Waals surface area contributed by atoms with E-state index in [0.717, 1.165) is 4.88 Å². The average molecular weight is 296 g/mol. The average Bonchev–Trinajstić information content (AvgIpc) is 2.93. The maximum Gasteiger partial charge on any atom is 0.126 e. The van der Waals surface area contributed by atoms with Gasteiger partial charge in [0.1, 0.15) is 24.3 Å². The molecule has 1 heterocycles. The van der Waals surface area contributed by atoms with Gasteiger partial charge in [-0.15, -0.1) is 11.3 Å². The van der Waals surface area contributed by atoms with Gasteiger partial charge in [-0.1, -0.05) is 6.07 Å². The number of hydrogen-bond donors (Lipinski definition) is 1. The predicted molar refractivity (Wildman–Crippen MR) is 76.6 cm³/mol. The Morgan fingerprint density at radius 3 is 2.85 bits per heavy atom. The van der Waals surface area contributed by atoms with E-state index < -0.39 is 6.10 Å². The maximum atomic E-state index is 13.1. The largest absolute Gasteiger partial charge is 0.491 e. The number of aliphatic hydroxyl groups excluding tert-OH is 1. The molecular weight excluding hydrogens is 279 g/mol. The van der Waals surface area contributed by atoms with Crippen LogP contribution < -0.4 is 4.74 Å². The zero-order chi connectivity index (χ0) is 14.4. The SMILES string of the molecule is Cc1cc(OCC(O)COCc2cccs2)ccc1F. The van der Waals surface area contributed by atoms with Gasteiger partial charge in [-0.2, -0.15) is 0 Å². The highest BCUT2D eigenvalue weighted by atomic mass is 32.1. The van der Waals surface area contributed by atoms with Crippen LogP contribution in [0.2, 0.25) is 0 Å². The number of halogens is 1. The minimum Gasteiger partial charge on any atom is -0.491 e. The summed E-state index contributed by atoms with van der Waals surface area (Å²) in [5.41, 5.74) is 0.519. The van der Waals surface area contributed by atoms with E-state index in [0.29, 0.717) is 17.9 Å². The molecule has 1 aromatic carbocycles. The number of benzene rings is 1. The second kappa shape index (κ2) is 7.38. The standard InChI is InChI=1S/C15H17FO3S/c1-11-7-13(4-5-15(11)16)19-9-12(17)8-18-10-14-3-2-6-20-14/h2-7,12,17H,8-10H2,1H3. The second-order valence-corrected chi connectivity index (χ2v) is 5.50. The topological polar surface area (TPSA) is 38.7 Å². The lowest BCUT2D eigenvalue weighted by Crippen LogP contribution is -2.23. The number of aryl methyl sites for hydroxylation is 1. The van der Waals surface area contributed by atoms with Gasteiger partial charge in [0, 0.05) is 4.88 Å². The van der Waals surface area contributed by atoms with E-state index in [-0.39, 0.29) is 19.0 Å². The number of hydrogen-bond acceptors (Lipinski definition) is 4. The lowest BCUT2D eigenvalue weighted by Gasteiger charge is -2.13. The Morgan fingerprint density at radius 2 is 2.15 bits per heavy atom. The van der Waals surface area contributed by atoms with Gasteiger partial charge in [0.15, 0.2) is 0 Å². The molecule has 3 nitrogen and oxygen atoms in total. The molecule has 1 atom stereocenters. The van der Waals surface area contributed by atoms with Crippen LogP contribution >= 0.6 is 11.3 Å². The van der Waals surface area contributed by atoms with Gasteiger partial charge < -0.3 is 14.6 Å². The van der Waals surface area contributed by atoms with Gasteiger partial charge in [0.25, 0.3) is 0 Å². The van der Waals surface area contributed by atoms with Crippen molar-refractivity contribution in [1.29, 1.82) is 0 Å². The summed E-state index contributed by atoms with van der Waals surface area (Å²) in [5, 5.41) is 11.7. The van der Waals surface area contributed by atoms with E-state index in [2.05, 4.69) is 0 Å². The summed E-state index contributed by atoms with van der Waals surface area (Å²) < 4.78 is 23.9. The summed E-state index contributed by atoms with van der Waals surface area (Å²) in [4.78, 5) is 1.12. The number of aliphatic hydroxyl groups is 1. The monoisotopic (exact) mass is 296 g/mol. The first-order valence-electron chi connectivity index (χ1n) is 6.32. The van der Waals surface area contributed by atoms with Crippen LogP contribution in [0.3, 0.4) is 0 Å². The minimum absolute atomic E-state index is 0.121. The third-order valence-corrected chi connectivity index (χ3v) is 3.56. The van der Waals surface area contributed by atoms with E-state index in [4.69, 9.17) is 9.47 Å². The number of thiophene rings is 1. The first kappa shape index (κ1) is 15.0. The van der Waals surface area contributed by atoms with Crippen LogP contribution in [0, 0.1) is 12.7 Å². The molecule has 0 fully saturated rings. The first-order valence-corrected chi connectivity index (χ1v) is 7.20. The van der Waals surface area contributed by atoms with Crippen molar-refractivity contribution in [2.75, 3.05) is 13.2 Å². The number of rotatable bonds is 7. The third-order valence-electron chi connectivity index (χ3n) is 2.71. The third kappa shape index (κ3) is 4.59. The van der Waals surface area contributed by atoms with Gasteiger partial charge in [-0.05, 0) is 42.1 Å². The molecule has 1 aromatic heterocycles. The molecule has 1 unspecified atom stereocenters. The summed E-state index contributed by atoms with van der Waals surface area (Å²) in [7, 11) is 0. The molecule has 2 rings (SSSR count). The molecule has 0 bridgehead atoms. The number of ether oxygens (including phenoxy) is 2. The van der Waals surface area contributed by atoms with E-state index >= 15 is 0 Å². The zero-order valence-electron chi connectivity index (χ0n) is 11.2. The fraction of sp³-hybridized carbons (Fsp3) is 0.333. The molecule has 0 spiro atoms. The molecule has 0 aliphatic heterocycles. The van der Waals surface area contributed by atoms with Crippen molar-refractivity contribution in [2.45, 2.75) is 19.6 Å². The maximum absolute atomic E-state index is 13.1. The molecule has 5 heteroatoms.